The van der Waals surface area contributed by atoms with E-state index in [1.807, 2.05) is 18.2 Å². The molecule has 3 aromatic rings. The second kappa shape index (κ2) is 3.79. The van der Waals surface area contributed by atoms with Crippen molar-refractivity contribution < 1.29 is 9.15 Å². The van der Waals surface area contributed by atoms with E-state index in [0.717, 1.165) is 22.3 Å². The summed E-state index contributed by atoms with van der Waals surface area (Å²) in [5, 5.41) is 2.33. The molecule has 2 nitrogen and oxygen atoms in total. The smallest absolute Gasteiger partial charge is 0.139 e. The van der Waals surface area contributed by atoms with Gasteiger partial charge in [0.05, 0.1) is 0 Å². The minimum atomic E-state index is 0.141. The molecule has 0 radical (unpaired) electrons. The van der Waals surface area contributed by atoms with Crippen molar-refractivity contribution in [2.24, 2.45) is 5.92 Å². The summed E-state index contributed by atoms with van der Waals surface area (Å²) in [5.74, 6) is 1.34. The third-order valence-electron chi connectivity index (χ3n) is 4.52. The van der Waals surface area contributed by atoms with Crippen LogP contribution in [0.2, 0.25) is 0 Å². The summed E-state index contributed by atoms with van der Waals surface area (Å²) in [6.45, 7) is 2.19. The minimum Gasteiger partial charge on any atom is -0.484 e. The third kappa shape index (κ3) is 1.42. The molecule has 2 heteroatoms. The van der Waals surface area contributed by atoms with Crippen LogP contribution in [0.5, 0.6) is 5.75 Å². The maximum atomic E-state index is 6.15. The minimum absolute atomic E-state index is 0.141. The summed E-state index contributed by atoms with van der Waals surface area (Å²) in [4.78, 5) is 0. The fraction of sp³-hybridized carbons (Fsp3) is 0.158. The lowest BCUT2D eigenvalue weighted by Crippen LogP contribution is -2.21. The first-order valence-corrected chi connectivity index (χ1v) is 7.32. The van der Waals surface area contributed by atoms with E-state index in [2.05, 4.69) is 43.4 Å². The second-order valence-corrected chi connectivity index (χ2v) is 5.85. The molecule has 2 unspecified atom stereocenters. The fourth-order valence-corrected chi connectivity index (χ4v) is 3.44. The summed E-state index contributed by atoms with van der Waals surface area (Å²) >= 11 is 0. The van der Waals surface area contributed by atoms with E-state index in [9.17, 15) is 0 Å². The van der Waals surface area contributed by atoms with Crippen molar-refractivity contribution in [1.29, 1.82) is 0 Å². The lowest BCUT2D eigenvalue weighted by Gasteiger charge is -2.19. The predicted octanol–water partition coefficient (Wildman–Crippen LogP) is 4.94. The molecule has 1 aliphatic carbocycles. The van der Waals surface area contributed by atoms with Gasteiger partial charge in [-0.05, 0) is 12.1 Å². The van der Waals surface area contributed by atoms with Gasteiger partial charge < -0.3 is 9.15 Å². The van der Waals surface area contributed by atoms with E-state index in [1.54, 1.807) is 0 Å². The quantitative estimate of drug-likeness (QED) is 0.579. The van der Waals surface area contributed by atoms with Gasteiger partial charge in [0, 0.05) is 33.9 Å². The van der Waals surface area contributed by atoms with Crippen LogP contribution in [0.4, 0.5) is 0 Å². The number of hydrogen-bond acceptors (Lipinski definition) is 2. The van der Waals surface area contributed by atoms with Crippen molar-refractivity contribution >= 4 is 27.5 Å². The van der Waals surface area contributed by atoms with Crippen LogP contribution in [0.25, 0.3) is 27.5 Å². The Bertz CT molecular complexity index is 943. The summed E-state index contributed by atoms with van der Waals surface area (Å²) in [7, 11) is 0. The van der Waals surface area contributed by atoms with Crippen LogP contribution in [0.15, 0.2) is 59.0 Å². The van der Waals surface area contributed by atoms with Crippen molar-refractivity contribution in [2.45, 2.75) is 13.0 Å². The Morgan fingerprint density at radius 2 is 1.90 bits per heavy atom. The van der Waals surface area contributed by atoms with Crippen molar-refractivity contribution in [3.63, 3.8) is 0 Å². The van der Waals surface area contributed by atoms with Gasteiger partial charge in [-0.15, -0.1) is 0 Å². The monoisotopic (exact) mass is 274 g/mol. The van der Waals surface area contributed by atoms with Crippen LogP contribution < -0.4 is 4.74 Å². The van der Waals surface area contributed by atoms with Gasteiger partial charge in [0.15, 0.2) is 0 Å². The zero-order valence-corrected chi connectivity index (χ0v) is 11.7. The Morgan fingerprint density at radius 3 is 2.86 bits per heavy atom. The zero-order valence-electron chi connectivity index (χ0n) is 11.7. The average Bonchev–Trinajstić information content (AvgIpc) is 3.04. The van der Waals surface area contributed by atoms with Gasteiger partial charge in [0.1, 0.15) is 23.0 Å². The molecule has 2 aliphatic rings. The van der Waals surface area contributed by atoms with E-state index in [4.69, 9.17) is 9.15 Å². The molecule has 2 aromatic carbocycles. The van der Waals surface area contributed by atoms with Crippen molar-refractivity contribution in [3.8, 4) is 5.75 Å². The summed E-state index contributed by atoms with van der Waals surface area (Å²) < 4.78 is 12.1. The molecule has 1 aromatic heterocycles. The highest BCUT2D eigenvalue weighted by atomic mass is 16.5. The Labute approximate surface area is 122 Å². The molecule has 1 aliphatic heterocycles. The molecule has 0 bridgehead atoms. The Kier molecular flexibility index (Phi) is 2.02. The SMILES string of the molecule is CC1C=CC=C2c3cc4c(cc3OC21)oc1ccccc14. The maximum absolute atomic E-state index is 6.15. The molecule has 102 valence electrons. The van der Waals surface area contributed by atoms with Gasteiger partial charge in [-0.25, -0.2) is 0 Å². The van der Waals surface area contributed by atoms with Gasteiger partial charge in [-0.2, -0.15) is 0 Å². The predicted molar refractivity (Wildman–Crippen MR) is 84.4 cm³/mol. The molecule has 0 amide bonds. The molecule has 21 heavy (non-hydrogen) atoms. The maximum Gasteiger partial charge on any atom is 0.139 e. The first-order valence-electron chi connectivity index (χ1n) is 7.32. The number of hydrogen-bond donors (Lipinski definition) is 0. The molecule has 5 rings (SSSR count). The van der Waals surface area contributed by atoms with Crippen molar-refractivity contribution in [2.75, 3.05) is 0 Å². The van der Waals surface area contributed by atoms with Gasteiger partial charge in [-0.3, -0.25) is 0 Å². The molecule has 0 spiro atoms. The van der Waals surface area contributed by atoms with Gasteiger partial charge in [0.25, 0.3) is 0 Å². The molecule has 0 fully saturated rings. The third-order valence-corrected chi connectivity index (χ3v) is 4.52. The van der Waals surface area contributed by atoms with Crippen LogP contribution in [-0.4, -0.2) is 6.10 Å². The van der Waals surface area contributed by atoms with Crippen LogP contribution in [0, 0.1) is 5.92 Å². The van der Waals surface area contributed by atoms with E-state index in [0.29, 0.717) is 5.92 Å². The second-order valence-electron chi connectivity index (χ2n) is 5.85. The van der Waals surface area contributed by atoms with Crippen LogP contribution in [0.1, 0.15) is 12.5 Å². The zero-order chi connectivity index (χ0) is 14.0. The van der Waals surface area contributed by atoms with E-state index in [-0.39, 0.29) is 6.10 Å². The molecular formula is C19H14O2. The van der Waals surface area contributed by atoms with Gasteiger partial charge in [0.2, 0.25) is 0 Å². The lowest BCUT2D eigenvalue weighted by molar-refractivity contribution is 0.235. The number of para-hydroxylation sites is 1. The molecule has 0 saturated carbocycles. The van der Waals surface area contributed by atoms with Crippen LogP contribution in [0.3, 0.4) is 0 Å². The van der Waals surface area contributed by atoms with E-state index in [1.165, 1.54) is 16.5 Å². The van der Waals surface area contributed by atoms with E-state index < -0.39 is 0 Å². The topological polar surface area (TPSA) is 22.4 Å². The highest BCUT2D eigenvalue weighted by Crippen LogP contribution is 2.45. The van der Waals surface area contributed by atoms with Gasteiger partial charge in [-0.1, -0.05) is 43.4 Å². The average molecular weight is 274 g/mol. The standard InChI is InChI=1S/C19H14O2/c1-11-5-4-7-13-15-9-14-12-6-2-3-8-16(12)20-17(14)10-18(15)21-19(11)13/h2-11,19H,1H3. The number of furan rings is 1. The molecule has 2 atom stereocenters. The fourth-order valence-electron chi connectivity index (χ4n) is 3.44. The summed E-state index contributed by atoms with van der Waals surface area (Å²) in [6.07, 6.45) is 6.64. The number of rotatable bonds is 0. The Balaban J connectivity index is 1.82. The van der Waals surface area contributed by atoms with E-state index >= 15 is 0 Å². The number of allylic oxidation sites excluding steroid dienone is 2. The first kappa shape index (κ1) is 11.2. The molecule has 2 heterocycles. The number of benzene rings is 2. The highest BCUT2D eigenvalue weighted by Gasteiger charge is 2.33. The van der Waals surface area contributed by atoms with Gasteiger partial charge >= 0.3 is 0 Å². The highest BCUT2D eigenvalue weighted by molar-refractivity contribution is 6.07. The lowest BCUT2D eigenvalue weighted by atomic mass is 9.89. The summed E-state index contributed by atoms with van der Waals surface area (Å²) in [6, 6.07) is 12.4. The normalized spacial score (nSPS) is 23.0. The van der Waals surface area contributed by atoms with Crippen LogP contribution >= 0.6 is 0 Å². The Hall–Kier alpha value is -2.48. The largest absolute Gasteiger partial charge is 0.484 e. The molecule has 0 N–H and O–H groups in total. The summed E-state index contributed by atoms with van der Waals surface area (Å²) in [5.41, 5.74) is 4.32. The van der Waals surface area contributed by atoms with Crippen LogP contribution in [-0.2, 0) is 0 Å². The molecular weight excluding hydrogens is 260 g/mol. The number of fused-ring (bicyclic) bond motifs is 6. The first-order chi connectivity index (χ1) is 10.3. The Morgan fingerprint density at radius 1 is 1.00 bits per heavy atom. The number of ether oxygens (including phenoxy) is 1. The van der Waals surface area contributed by atoms with Crippen molar-refractivity contribution in [3.05, 3.63) is 60.2 Å². The van der Waals surface area contributed by atoms with Crippen molar-refractivity contribution in [1.82, 2.24) is 0 Å². The molecule has 0 saturated heterocycles.